The van der Waals surface area contributed by atoms with Gasteiger partial charge in [0.15, 0.2) is 6.23 Å². The molecule has 8 heteroatoms. The smallest absolute Gasteiger partial charge is 0.520 e. The van der Waals surface area contributed by atoms with Gasteiger partial charge in [-0.05, 0) is 31.3 Å². The molecule has 1 aromatic rings. The summed E-state index contributed by atoms with van der Waals surface area (Å²) in [7, 11) is -0.0773. The molecule has 0 N–H and O–H groups in total. The Labute approximate surface area is 127 Å². The minimum atomic E-state index is -2.74. The Kier molecular flexibility index (Phi) is 5.07. The fourth-order valence-electron chi connectivity index (χ4n) is 2.00. The molecule has 0 radical (unpaired) electrons. The third-order valence-corrected chi connectivity index (χ3v) is 7.23. The van der Waals surface area contributed by atoms with Crippen LogP contribution in [0.15, 0.2) is 18.2 Å². The van der Waals surface area contributed by atoms with Crippen molar-refractivity contribution in [1.82, 2.24) is 0 Å². The van der Waals surface area contributed by atoms with Gasteiger partial charge in [-0.3, -0.25) is 0 Å². The minimum Gasteiger partial charge on any atom is -0.520 e. The van der Waals surface area contributed by atoms with Crippen LogP contribution in [-0.2, 0) is 24.3 Å². The van der Waals surface area contributed by atoms with Crippen molar-refractivity contribution in [2.45, 2.75) is 19.7 Å². The van der Waals surface area contributed by atoms with Crippen molar-refractivity contribution in [3.05, 3.63) is 23.8 Å². The second kappa shape index (κ2) is 6.47. The van der Waals surface area contributed by atoms with Gasteiger partial charge in [0.25, 0.3) is 0 Å². The molecule has 0 atom stereocenters. The van der Waals surface area contributed by atoms with Crippen molar-refractivity contribution in [3.8, 4) is 11.5 Å². The monoisotopic (exact) mass is 330 g/mol. The Bertz CT molecular complexity index is 481. The Morgan fingerprint density at radius 3 is 2.43 bits per heavy atom. The van der Waals surface area contributed by atoms with Crippen LogP contribution in [0, 0.1) is 0 Å². The van der Waals surface area contributed by atoms with E-state index in [4.69, 9.17) is 26.9 Å². The fraction of sp³-hybridized carbons (Fsp3) is 0.538. The van der Waals surface area contributed by atoms with Gasteiger partial charge in [-0.25, -0.2) is 0 Å². The average molecular weight is 330 g/mol. The normalized spacial score (nSPS) is 17.0. The van der Waals surface area contributed by atoms with Crippen molar-refractivity contribution in [2.75, 3.05) is 27.6 Å². The van der Waals surface area contributed by atoms with Gasteiger partial charge in [0, 0.05) is 26.9 Å². The van der Waals surface area contributed by atoms with E-state index in [0.717, 1.165) is 11.3 Å². The minimum absolute atomic E-state index is 0.247. The topological polar surface area (TPSA) is 55.4 Å². The molecule has 1 heterocycles. The van der Waals surface area contributed by atoms with Gasteiger partial charge in [-0.1, -0.05) is 0 Å². The lowest BCUT2D eigenvalue weighted by Crippen LogP contribution is -2.49. The van der Waals surface area contributed by atoms with E-state index in [-0.39, 0.29) is 6.23 Å². The molecule has 0 bridgehead atoms. The number of fused-ring (bicyclic) bond motifs is 1. The summed E-state index contributed by atoms with van der Waals surface area (Å²) in [6.45, 7) is 4.60. The van der Waals surface area contributed by atoms with E-state index >= 15 is 0 Å². The summed E-state index contributed by atoms with van der Waals surface area (Å²) in [5.74, 6) is 1.59. The molecule has 0 amide bonds. The highest BCUT2D eigenvalue weighted by atomic mass is 28.4. The van der Waals surface area contributed by atoms with Crippen molar-refractivity contribution < 1.29 is 26.9 Å². The van der Waals surface area contributed by atoms with Crippen LogP contribution in [0.1, 0.15) is 5.56 Å². The third kappa shape index (κ3) is 3.84. The van der Waals surface area contributed by atoms with E-state index in [1.807, 2.05) is 31.3 Å². The molecular weight excluding hydrogens is 308 g/mol. The predicted octanol–water partition coefficient (Wildman–Crippen LogP) is 2.09. The SMILES string of the molecule is CO[Si](COc1ccc2c(c1)CO[Si](C)(C)O2)(OC)OC. The number of rotatable bonds is 6. The largest absolute Gasteiger partial charge is 0.539 e. The van der Waals surface area contributed by atoms with Crippen LogP contribution in [0.2, 0.25) is 13.1 Å². The fourth-order valence-corrected chi connectivity index (χ4v) is 4.49. The summed E-state index contributed by atoms with van der Waals surface area (Å²) < 4.78 is 33.4. The van der Waals surface area contributed by atoms with Crippen molar-refractivity contribution >= 4 is 17.4 Å². The van der Waals surface area contributed by atoms with Gasteiger partial charge >= 0.3 is 17.4 Å². The van der Waals surface area contributed by atoms with Crippen LogP contribution in [0.5, 0.6) is 11.5 Å². The van der Waals surface area contributed by atoms with Gasteiger partial charge in [0.2, 0.25) is 0 Å². The molecule has 0 spiro atoms. The lowest BCUT2D eigenvalue weighted by atomic mass is 10.2. The van der Waals surface area contributed by atoms with Gasteiger partial charge < -0.3 is 26.9 Å². The zero-order chi connectivity index (χ0) is 15.5. The zero-order valence-electron chi connectivity index (χ0n) is 13.1. The van der Waals surface area contributed by atoms with Crippen LogP contribution in [-0.4, -0.2) is 44.9 Å². The maximum Gasteiger partial charge on any atom is 0.539 e. The van der Waals surface area contributed by atoms with E-state index in [1.165, 1.54) is 0 Å². The summed E-state index contributed by atoms with van der Waals surface area (Å²) in [6.07, 6.45) is 0.247. The lowest BCUT2D eigenvalue weighted by Gasteiger charge is -2.30. The number of hydrogen-bond donors (Lipinski definition) is 0. The van der Waals surface area contributed by atoms with Crippen LogP contribution < -0.4 is 9.16 Å². The Morgan fingerprint density at radius 2 is 1.81 bits per heavy atom. The lowest BCUT2D eigenvalue weighted by molar-refractivity contribution is 0.100. The van der Waals surface area contributed by atoms with Gasteiger partial charge in [0.1, 0.15) is 11.5 Å². The van der Waals surface area contributed by atoms with Crippen LogP contribution in [0.3, 0.4) is 0 Å². The summed E-state index contributed by atoms with van der Waals surface area (Å²) in [6, 6.07) is 5.70. The second-order valence-corrected chi connectivity index (χ2v) is 11.3. The van der Waals surface area contributed by atoms with Gasteiger partial charge in [-0.2, -0.15) is 0 Å². The van der Waals surface area contributed by atoms with Crippen LogP contribution in [0.4, 0.5) is 0 Å². The standard InChI is InChI=1S/C13H22O6Si2/c1-14-21(15-2,16-3)10-17-12-6-7-13-11(8-12)9-18-20(4,5)19-13/h6-8H,9-10H2,1-5H3. The summed E-state index contributed by atoms with van der Waals surface area (Å²) in [5, 5.41) is 0. The molecule has 0 saturated heterocycles. The highest BCUT2D eigenvalue weighted by Crippen LogP contribution is 2.32. The molecule has 0 aliphatic carbocycles. The zero-order valence-corrected chi connectivity index (χ0v) is 15.1. The van der Waals surface area contributed by atoms with E-state index in [2.05, 4.69) is 0 Å². The first-order valence-electron chi connectivity index (χ1n) is 6.68. The first-order valence-corrected chi connectivity index (χ1v) is 11.4. The molecule has 0 saturated carbocycles. The first-order chi connectivity index (χ1) is 9.93. The van der Waals surface area contributed by atoms with E-state index < -0.39 is 17.4 Å². The number of ether oxygens (including phenoxy) is 1. The highest BCUT2D eigenvalue weighted by Gasteiger charge is 2.39. The number of benzene rings is 1. The molecule has 21 heavy (non-hydrogen) atoms. The molecule has 118 valence electrons. The molecule has 0 unspecified atom stereocenters. The first kappa shape index (κ1) is 16.5. The molecule has 0 fully saturated rings. The Hall–Kier alpha value is -0.906. The summed E-state index contributed by atoms with van der Waals surface area (Å²) in [5.41, 5.74) is 0.985. The molecule has 1 aromatic carbocycles. The van der Waals surface area contributed by atoms with Gasteiger partial charge in [0.05, 0.1) is 6.61 Å². The van der Waals surface area contributed by atoms with Gasteiger partial charge in [-0.15, -0.1) is 0 Å². The maximum atomic E-state index is 5.88. The molecule has 0 aromatic heterocycles. The maximum absolute atomic E-state index is 5.88. The van der Waals surface area contributed by atoms with Crippen LogP contribution >= 0.6 is 0 Å². The molecule has 6 nitrogen and oxygen atoms in total. The van der Waals surface area contributed by atoms with Crippen molar-refractivity contribution in [2.24, 2.45) is 0 Å². The number of hydrogen-bond acceptors (Lipinski definition) is 6. The van der Waals surface area contributed by atoms with E-state index in [1.54, 1.807) is 21.3 Å². The molecular formula is C13H22O6Si2. The summed E-state index contributed by atoms with van der Waals surface area (Å²) in [4.78, 5) is 0. The quantitative estimate of drug-likeness (QED) is 0.745. The predicted molar refractivity (Wildman–Crippen MR) is 81.6 cm³/mol. The van der Waals surface area contributed by atoms with E-state index in [0.29, 0.717) is 12.4 Å². The third-order valence-electron chi connectivity index (χ3n) is 3.31. The van der Waals surface area contributed by atoms with Crippen molar-refractivity contribution in [1.29, 1.82) is 0 Å². The van der Waals surface area contributed by atoms with Crippen LogP contribution in [0.25, 0.3) is 0 Å². The molecule has 2 rings (SSSR count). The Morgan fingerprint density at radius 1 is 1.14 bits per heavy atom. The van der Waals surface area contributed by atoms with Crippen molar-refractivity contribution in [3.63, 3.8) is 0 Å². The summed E-state index contributed by atoms with van der Waals surface area (Å²) >= 11 is 0. The average Bonchev–Trinajstić information content (AvgIpc) is 2.48. The van der Waals surface area contributed by atoms with E-state index in [9.17, 15) is 0 Å². The second-order valence-electron chi connectivity index (χ2n) is 5.14. The Balaban J connectivity index is 2.06. The highest BCUT2D eigenvalue weighted by molar-refractivity contribution is 6.65. The molecule has 1 aliphatic heterocycles. The molecule has 1 aliphatic rings.